The Hall–Kier alpha value is -0.240. The van der Waals surface area contributed by atoms with Crippen molar-refractivity contribution in [3.63, 3.8) is 0 Å². The van der Waals surface area contributed by atoms with E-state index >= 15 is 0 Å². The fourth-order valence-corrected chi connectivity index (χ4v) is 2.85. The van der Waals surface area contributed by atoms with E-state index in [0.29, 0.717) is 16.7 Å². The Kier molecular flexibility index (Phi) is 5.30. The Labute approximate surface area is 115 Å². The first-order chi connectivity index (χ1) is 7.86. The number of anilines is 1. The molecule has 0 aliphatic rings. The zero-order valence-electron chi connectivity index (χ0n) is 9.60. The van der Waals surface area contributed by atoms with Gasteiger partial charge >= 0.3 is 0 Å². The Balaban J connectivity index is 2.86. The number of hydrogen-bond acceptors (Lipinski definition) is 4. The summed E-state index contributed by atoms with van der Waals surface area (Å²) in [6.45, 7) is 2.36. The SMILES string of the molecule is CSC(C)CNS(=O)(=O)c1ccc(Br)c(N)c1. The smallest absolute Gasteiger partial charge is 0.240 e. The van der Waals surface area contributed by atoms with Gasteiger partial charge in [-0.15, -0.1) is 0 Å². The van der Waals surface area contributed by atoms with Crippen LogP contribution in [0.3, 0.4) is 0 Å². The molecular formula is C10H15BrN2O2S2. The Morgan fingerprint density at radius 3 is 2.71 bits per heavy atom. The molecule has 0 saturated heterocycles. The molecule has 0 radical (unpaired) electrons. The van der Waals surface area contributed by atoms with Gasteiger partial charge in [0.25, 0.3) is 0 Å². The first kappa shape index (κ1) is 14.8. The number of halogens is 1. The lowest BCUT2D eigenvalue weighted by Gasteiger charge is -2.11. The highest BCUT2D eigenvalue weighted by Crippen LogP contribution is 2.22. The second-order valence-corrected chi connectivity index (χ2v) is 7.48. The van der Waals surface area contributed by atoms with E-state index in [1.165, 1.54) is 12.1 Å². The lowest BCUT2D eigenvalue weighted by atomic mass is 10.3. The van der Waals surface area contributed by atoms with Gasteiger partial charge in [0.2, 0.25) is 10.0 Å². The molecule has 0 bridgehead atoms. The van der Waals surface area contributed by atoms with Crippen LogP contribution >= 0.6 is 27.7 Å². The highest BCUT2D eigenvalue weighted by molar-refractivity contribution is 9.10. The van der Waals surface area contributed by atoms with E-state index in [2.05, 4.69) is 20.7 Å². The van der Waals surface area contributed by atoms with Gasteiger partial charge in [-0.2, -0.15) is 11.8 Å². The van der Waals surface area contributed by atoms with E-state index in [1.807, 2.05) is 13.2 Å². The van der Waals surface area contributed by atoms with Gasteiger partial charge in [-0.25, -0.2) is 13.1 Å². The lowest BCUT2D eigenvalue weighted by molar-refractivity contribution is 0.581. The predicted molar refractivity (Wildman–Crippen MR) is 76.7 cm³/mol. The average molecular weight is 339 g/mol. The minimum Gasteiger partial charge on any atom is -0.398 e. The molecule has 1 aromatic rings. The van der Waals surface area contributed by atoms with E-state index in [9.17, 15) is 8.42 Å². The molecule has 0 spiro atoms. The molecule has 0 heterocycles. The summed E-state index contributed by atoms with van der Waals surface area (Å²) >= 11 is 4.83. The predicted octanol–water partition coefficient (Wildman–Crippen LogP) is 2.06. The van der Waals surface area contributed by atoms with Crippen LogP contribution in [0.2, 0.25) is 0 Å². The van der Waals surface area contributed by atoms with E-state index < -0.39 is 10.0 Å². The maximum atomic E-state index is 11.9. The van der Waals surface area contributed by atoms with Crippen LogP contribution in [-0.2, 0) is 10.0 Å². The van der Waals surface area contributed by atoms with Crippen molar-refractivity contribution >= 4 is 43.4 Å². The van der Waals surface area contributed by atoms with Crippen molar-refractivity contribution in [3.05, 3.63) is 22.7 Å². The summed E-state index contributed by atoms with van der Waals surface area (Å²) in [5.74, 6) is 0. The fourth-order valence-electron chi connectivity index (χ4n) is 1.08. The number of rotatable bonds is 5. The molecule has 0 aromatic heterocycles. The summed E-state index contributed by atoms with van der Waals surface area (Å²) in [4.78, 5) is 0.187. The summed E-state index contributed by atoms with van der Waals surface area (Å²) in [5.41, 5.74) is 6.06. The highest BCUT2D eigenvalue weighted by Gasteiger charge is 2.15. The van der Waals surface area contributed by atoms with Gasteiger partial charge < -0.3 is 5.73 Å². The van der Waals surface area contributed by atoms with Gasteiger partial charge in [-0.1, -0.05) is 6.92 Å². The van der Waals surface area contributed by atoms with Crippen molar-refractivity contribution in [2.75, 3.05) is 18.5 Å². The van der Waals surface area contributed by atoms with Crippen molar-refractivity contribution in [1.29, 1.82) is 0 Å². The van der Waals surface area contributed by atoms with Gasteiger partial charge in [-0.05, 0) is 40.4 Å². The molecule has 4 nitrogen and oxygen atoms in total. The van der Waals surface area contributed by atoms with Gasteiger partial charge in [-0.3, -0.25) is 0 Å². The summed E-state index contributed by atoms with van der Waals surface area (Å²) in [7, 11) is -3.47. The fraction of sp³-hybridized carbons (Fsp3) is 0.400. The minimum atomic E-state index is -3.47. The number of hydrogen-bond donors (Lipinski definition) is 2. The lowest BCUT2D eigenvalue weighted by Crippen LogP contribution is -2.29. The zero-order valence-corrected chi connectivity index (χ0v) is 12.8. The van der Waals surface area contributed by atoms with Gasteiger partial charge in [0.15, 0.2) is 0 Å². The number of benzene rings is 1. The van der Waals surface area contributed by atoms with E-state index in [-0.39, 0.29) is 10.1 Å². The van der Waals surface area contributed by atoms with Crippen LogP contribution in [0.15, 0.2) is 27.6 Å². The monoisotopic (exact) mass is 338 g/mol. The molecule has 1 unspecified atom stereocenters. The number of nitrogen functional groups attached to an aromatic ring is 1. The third-order valence-electron chi connectivity index (χ3n) is 2.24. The van der Waals surface area contributed by atoms with Gasteiger partial charge in [0, 0.05) is 22.0 Å². The van der Waals surface area contributed by atoms with Crippen LogP contribution in [0, 0.1) is 0 Å². The normalized spacial score (nSPS) is 13.6. The van der Waals surface area contributed by atoms with Crippen LogP contribution in [-0.4, -0.2) is 26.5 Å². The third kappa shape index (κ3) is 4.17. The van der Waals surface area contributed by atoms with Crippen molar-refractivity contribution in [1.82, 2.24) is 4.72 Å². The quantitative estimate of drug-likeness (QED) is 0.806. The largest absolute Gasteiger partial charge is 0.398 e. The standard InChI is InChI=1S/C10H15BrN2O2S2/c1-7(16-2)6-13-17(14,15)8-3-4-9(11)10(12)5-8/h3-5,7,13H,6,12H2,1-2H3. The Morgan fingerprint density at radius 2 is 2.18 bits per heavy atom. The molecule has 0 aliphatic carbocycles. The molecule has 0 amide bonds. The summed E-state index contributed by atoms with van der Waals surface area (Å²) in [6.07, 6.45) is 1.94. The molecule has 96 valence electrons. The van der Waals surface area contributed by atoms with Crippen LogP contribution in [0.25, 0.3) is 0 Å². The highest BCUT2D eigenvalue weighted by atomic mass is 79.9. The summed E-state index contributed by atoms with van der Waals surface area (Å²) in [6, 6.07) is 4.59. The average Bonchev–Trinajstić information content (AvgIpc) is 2.29. The topological polar surface area (TPSA) is 72.2 Å². The second-order valence-electron chi connectivity index (χ2n) is 3.58. The maximum Gasteiger partial charge on any atom is 0.240 e. The van der Waals surface area contributed by atoms with Crippen LogP contribution in [0.1, 0.15) is 6.92 Å². The van der Waals surface area contributed by atoms with Gasteiger partial charge in [0.1, 0.15) is 0 Å². The van der Waals surface area contributed by atoms with Crippen molar-refractivity contribution in [3.8, 4) is 0 Å². The molecule has 7 heteroatoms. The molecule has 0 fully saturated rings. The van der Waals surface area contributed by atoms with Crippen LogP contribution in [0.5, 0.6) is 0 Å². The molecule has 1 aromatic carbocycles. The van der Waals surface area contributed by atoms with Crippen molar-refractivity contribution < 1.29 is 8.42 Å². The molecule has 1 atom stereocenters. The zero-order chi connectivity index (χ0) is 13.1. The first-order valence-electron chi connectivity index (χ1n) is 4.94. The minimum absolute atomic E-state index is 0.187. The molecular weight excluding hydrogens is 324 g/mol. The van der Waals surface area contributed by atoms with Gasteiger partial charge in [0.05, 0.1) is 4.90 Å². The molecule has 0 aliphatic heterocycles. The number of thioether (sulfide) groups is 1. The van der Waals surface area contributed by atoms with Crippen molar-refractivity contribution in [2.24, 2.45) is 0 Å². The Bertz CT molecular complexity index is 491. The molecule has 1 rings (SSSR count). The summed E-state index contributed by atoms with van der Waals surface area (Å²) < 4.78 is 27.1. The van der Waals surface area contributed by atoms with E-state index in [1.54, 1.807) is 17.8 Å². The molecule has 3 N–H and O–H groups in total. The van der Waals surface area contributed by atoms with E-state index in [0.717, 1.165) is 0 Å². The second kappa shape index (κ2) is 6.08. The van der Waals surface area contributed by atoms with Crippen LogP contribution < -0.4 is 10.5 Å². The molecule has 17 heavy (non-hydrogen) atoms. The number of nitrogens with two attached hydrogens (primary N) is 1. The number of nitrogens with one attached hydrogen (secondary N) is 1. The first-order valence-corrected chi connectivity index (χ1v) is 8.50. The maximum absolute atomic E-state index is 11.9. The van der Waals surface area contributed by atoms with Crippen molar-refractivity contribution in [2.45, 2.75) is 17.1 Å². The Morgan fingerprint density at radius 1 is 1.53 bits per heavy atom. The van der Waals surface area contributed by atoms with E-state index in [4.69, 9.17) is 5.73 Å². The van der Waals surface area contributed by atoms with Crippen LogP contribution in [0.4, 0.5) is 5.69 Å². The third-order valence-corrected chi connectivity index (χ3v) is 5.36. The molecule has 0 saturated carbocycles. The summed E-state index contributed by atoms with van der Waals surface area (Å²) in [5, 5.41) is 0.234. The number of sulfonamides is 1.